The highest BCUT2D eigenvalue weighted by Gasteiger charge is 2.53. The van der Waals surface area contributed by atoms with Gasteiger partial charge in [-0.05, 0) is 35.4 Å². The van der Waals surface area contributed by atoms with Gasteiger partial charge in [0.15, 0.2) is 11.6 Å². The number of aromatic hydroxyl groups is 6. The zero-order valence-corrected chi connectivity index (χ0v) is 20.6. The second-order valence-electron chi connectivity index (χ2n) is 9.72. The summed E-state index contributed by atoms with van der Waals surface area (Å²) in [5, 5.41) is 61.1. The molecule has 40 heavy (non-hydrogen) atoms. The zero-order valence-electron chi connectivity index (χ0n) is 20.6. The molecular weight excluding hydrogens is 520 g/mol. The molecule has 2 aliphatic heterocycles. The largest absolute Gasteiger partial charge is 0.508 e. The Morgan fingerprint density at radius 1 is 0.475 bits per heavy atom. The number of phenols is 6. The number of ketones is 2. The number of fused-ring (bicyclic) bond motifs is 2. The van der Waals surface area contributed by atoms with Crippen molar-refractivity contribution >= 4 is 11.6 Å². The van der Waals surface area contributed by atoms with Crippen LogP contribution < -0.4 is 9.47 Å². The highest BCUT2D eigenvalue weighted by atomic mass is 16.5. The van der Waals surface area contributed by atoms with Crippen molar-refractivity contribution in [2.75, 3.05) is 0 Å². The number of ether oxygens (including phenoxy) is 2. The lowest BCUT2D eigenvalue weighted by atomic mass is 9.69. The van der Waals surface area contributed by atoms with E-state index in [1.807, 2.05) is 0 Å². The second-order valence-corrected chi connectivity index (χ2v) is 9.72. The fourth-order valence-electron chi connectivity index (χ4n) is 5.46. The maximum atomic E-state index is 14.2. The van der Waals surface area contributed by atoms with Gasteiger partial charge in [0.1, 0.15) is 69.3 Å². The van der Waals surface area contributed by atoms with Crippen LogP contribution in [0.1, 0.15) is 44.1 Å². The van der Waals surface area contributed by atoms with E-state index in [2.05, 4.69) is 0 Å². The number of carbonyl (C=O) groups is 2. The van der Waals surface area contributed by atoms with Crippen LogP contribution in [0.3, 0.4) is 0 Å². The van der Waals surface area contributed by atoms with Crippen LogP contribution in [0.5, 0.6) is 46.0 Å². The molecule has 0 spiro atoms. The third-order valence-electron chi connectivity index (χ3n) is 7.22. The molecule has 0 aromatic heterocycles. The van der Waals surface area contributed by atoms with Crippen molar-refractivity contribution in [2.24, 2.45) is 11.8 Å². The third-order valence-corrected chi connectivity index (χ3v) is 7.22. The zero-order chi connectivity index (χ0) is 28.3. The van der Waals surface area contributed by atoms with Crippen LogP contribution in [0, 0.1) is 11.8 Å². The summed E-state index contributed by atoms with van der Waals surface area (Å²) >= 11 is 0. The average molecular weight is 542 g/mol. The molecule has 0 saturated heterocycles. The Morgan fingerprint density at radius 3 is 1.18 bits per heavy atom. The van der Waals surface area contributed by atoms with Gasteiger partial charge in [0.25, 0.3) is 0 Å². The molecule has 6 N–H and O–H groups in total. The van der Waals surface area contributed by atoms with Crippen molar-refractivity contribution < 1.29 is 49.7 Å². The van der Waals surface area contributed by atoms with Gasteiger partial charge >= 0.3 is 0 Å². The van der Waals surface area contributed by atoms with Gasteiger partial charge in [0.05, 0.1) is 11.8 Å². The Morgan fingerprint density at radius 2 is 0.825 bits per heavy atom. The quantitative estimate of drug-likeness (QED) is 0.216. The SMILES string of the molecule is O=C1c2c(O)cc(O)cc2O[C@H](c2ccc(O)cc2)[C@@H]1[C@@H]1C(=O)c2c(O)cc(O)cc2O[C@H]1c1ccc(O)cc1. The van der Waals surface area contributed by atoms with Crippen molar-refractivity contribution in [3.05, 3.63) is 95.1 Å². The van der Waals surface area contributed by atoms with Gasteiger partial charge in [0.2, 0.25) is 0 Å². The van der Waals surface area contributed by atoms with E-state index in [9.17, 15) is 40.2 Å². The van der Waals surface area contributed by atoms with Crippen LogP contribution >= 0.6 is 0 Å². The number of benzene rings is 4. The first-order chi connectivity index (χ1) is 19.1. The third kappa shape index (κ3) is 3.97. The predicted octanol–water partition coefficient (Wildman–Crippen LogP) is 4.49. The van der Waals surface area contributed by atoms with E-state index in [-0.39, 0.29) is 45.6 Å². The molecule has 0 amide bonds. The van der Waals surface area contributed by atoms with Crippen molar-refractivity contribution in [3.63, 3.8) is 0 Å². The maximum Gasteiger partial charge on any atom is 0.178 e. The van der Waals surface area contributed by atoms with E-state index in [0.29, 0.717) is 11.1 Å². The van der Waals surface area contributed by atoms with Crippen molar-refractivity contribution in [1.82, 2.24) is 0 Å². The molecule has 0 unspecified atom stereocenters. The van der Waals surface area contributed by atoms with E-state index in [0.717, 1.165) is 12.1 Å². The lowest BCUT2D eigenvalue weighted by molar-refractivity contribution is 0.0129. The number of phenolic OH excluding ortho intramolecular Hbond substituents is 6. The summed E-state index contributed by atoms with van der Waals surface area (Å²) in [7, 11) is 0. The van der Waals surface area contributed by atoms with Crippen LogP contribution in [0.4, 0.5) is 0 Å². The standard InChI is InChI=1S/C30H22O10/c31-15-5-1-13(2-6-15)29-25(27(37)23-19(35)9-17(33)11-21(23)39-29)26-28(38)24-20(36)10-18(34)12-22(24)40-30(26)14-3-7-16(32)8-4-14/h1-12,25-26,29-36H/t25-,26-,29-,30+/m1/s1. The molecule has 4 aromatic rings. The molecule has 0 saturated carbocycles. The fraction of sp³-hybridized carbons (Fsp3) is 0.133. The molecule has 0 radical (unpaired) electrons. The fourth-order valence-corrected chi connectivity index (χ4v) is 5.46. The topological polar surface area (TPSA) is 174 Å². The van der Waals surface area contributed by atoms with Crippen LogP contribution in [-0.2, 0) is 0 Å². The molecule has 0 aliphatic carbocycles. The minimum Gasteiger partial charge on any atom is -0.508 e. The molecule has 4 atom stereocenters. The van der Waals surface area contributed by atoms with Crippen LogP contribution in [0.15, 0.2) is 72.8 Å². The minimum atomic E-state index is -1.33. The molecule has 2 heterocycles. The van der Waals surface area contributed by atoms with Gasteiger partial charge in [-0.25, -0.2) is 0 Å². The molecular formula is C30H22O10. The second kappa shape index (κ2) is 9.12. The summed E-state index contributed by atoms with van der Waals surface area (Å²) in [4.78, 5) is 28.4. The summed E-state index contributed by atoms with van der Waals surface area (Å²) in [6.07, 6.45) is -2.31. The summed E-state index contributed by atoms with van der Waals surface area (Å²) in [5.41, 5.74) is 0.330. The summed E-state index contributed by atoms with van der Waals surface area (Å²) in [6.45, 7) is 0. The summed E-state index contributed by atoms with van der Waals surface area (Å²) in [5.74, 6) is -6.10. The Bertz CT molecular complexity index is 1530. The first kappa shape index (κ1) is 24.9. The molecule has 6 rings (SSSR count). The Kier molecular flexibility index (Phi) is 5.69. The van der Waals surface area contributed by atoms with Crippen molar-refractivity contribution in [2.45, 2.75) is 12.2 Å². The van der Waals surface area contributed by atoms with Gasteiger partial charge in [-0.1, -0.05) is 24.3 Å². The highest BCUT2D eigenvalue weighted by Crippen LogP contribution is 2.53. The van der Waals surface area contributed by atoms with Gasteiger partial charge in [0, 0.05) is 24.3 Å². The molecule has 10 heteroatoms. The number of hydrogen-bond donors (Lipinski definition) is 6. The molecule has 4 aromatic carbocycles. The van der Waals surface area contributed by atoms with Crippen molar-refractivity contribution in [1.29, 1.82) is 0 Å². The summed E-state index contributed by atoms with van der Waals surface area (Å²) < 4.78 is 12.3. The lowest BCUT2D eigenvalue weighted by Crippen LogP contribution is -2.45. The Hall–Kier alpha value is -5.38. The van der Waals surface area contributed by atoms with Gasteiger partial charge in [-0.2, -0.15) is 0 Å². The predicted molar refractivity (Wildman–Crippen MR) is 138 cm³/mol. The number of carbonyl (C=O) groups excluding carboxylic acids is 2. The van der Waals surface area contributed by atoms with E-state index in [1.54, 1.807) is 0 Å². The molecule has 0 bridgehead atoms. The van der Waals surface area contributed by atoms with E-state index in [4.69, 9.17) is 9.47 Å². The molecule has 2 aliphatic rings. The molecule has 202 valence electrons. The van der Waals surface area contributed by atoms with Gasteiger partial charge < -0.3 is 40.1 Å². The van der Waals surface area contributed by atoms with Gasteiger partial charge in [-0.15, -0.1) is 0 Å². The van der Waals surface area contributed by atoms with E-state index >= 15 is 0 Å². The average Bonchev–Trinajstić information content (AvgIpc) is 2.89. The molecule has 10 nitrogen and oxygen atoms in total. The van der Waals surface area contributed by atoms with E-state index in [1.165, 1.54) is 60.7 Å². The summed E-state index contributed by atoms with van der Waals surface area (Å²) in [6, 6.07) is 15.9. The van der Waals surface area contributed by atoms with Gasteiger partial charge in [-0.3, -0.25) is 9.59 Å². The Labute approximate surface area is 226 Å². The first-order valence-electron chi connectivity index (χ1n) is 12.2. The normalized spacial score (nSPS) is 21.6. The van der Waals surface area contributed by atoms with Crippen LogP contribution in [0.25, 0.3) is 0 Å². The number of hydrogen-bond acceptors (Lipinski definition) is 10. The smallest absolute Gasteiger partial charge is 0.178 e. The van der Waals surface area contributed by atoms with Crippen LogP contribution in [-0.4, -0.2) is 42.2 Å². The number of rotatable bonds is 3. The molecule has 0 fully saturated rings. The first-order valence-corrected chi connectivity index (χ1v) is 12.2. The monoisotopic (exact) mass is 542 g/mol. The highest BCUT2D eigenvalue weighted by molar-refractivity contribution is 6.11. The Balaban J connectivity index is 1.59. The maximum absolute atomic E-state index is 14.2. The lowest BCUT2D eigenvalue weighted by Gasteiger charge is -2.42. The number of Topliss-reactive ketones (excluding diaryl/α,β-unsaturated/α-hetero) is 2. The van der Waals surface area contributed by atoms with Crippen LogP contribution in [0.2, 0.25) is 0 Å². The minimum absolute atomic E-state index is 0.0455. The van der Waals surface area contributed by atoms with Crippen molar-refractivity contribution in [3.8, 4) is 46.0 Å². The van der Waals surface area contributed by atoms with E-state index < -0.39 is 47.1 Å².